The van der Waals surface area contributed by atoms with E-state index in [2.05, 4.69) is 31.3 Å². The molecule has 3 heterocycles. The van der Waals surface area contributed by atoms with E-state index in [1.807, 2.05) is 18.3 Å². The molecule has 2 amide bonds. The van der Waals surface area contributed by atoms with Gasteiger partial charge in [-0.2, -0.15) is 5.10 Å². The van der Waals surface area contributed by atoms with E-state index in [0.717, 1.165) is 35.7 Å². The van der Waals surface area contributed by atoms with Crippen molar-refractivity contribution in [2.24, 2.45) is 5.73 Å². The molecule has 0 spiro atoms. The van der Waals surface area contributed by atoms with Crippen LogP contribution in [0.1, 0.15) is 46.4 Å². The Kier molecular flexibility index (Phi) is 5.48. The molecule has 0 atom stereocenters. The highest BCUT2D eigenvalue weighted by Gasteiger charge is 2.26. The molecule has 1 aliphatic rings. The molecule has 0 aliphatic heterocycles. The van der Waals surface area contributed by atoms with Crippen LogP contribution in [0.2, 0.25) is 0 Å². The van der Waals surface area contributed by atoms with Crippen molar-refractivity contribution in [1.82, 2.24) is 19.9 Å². The smallest absolute Gasteiger partial charge is 0.255 e. The average molecular weight is 458 g/mol. The minimum Gasteiger partial charge on any atom is -0.474 e. The number of carbonyl (C=O) groups is 2. The summed E-state index contributed by atoms with van der Waals surface area (Å²) in [5.41, 5.74) is 6.97. The van der Waals surface area contributed by atoms with E-state index in [-0.39, 0.29) is 29.5 Å². The second-order valence-electron chi connectivity index (χ2n) is 7.02. The van der Waals surface area contributed by atoms with Gasteiger partial charge in [-0.3, -0.25) is 9.59 Å². The van der Waals surface area contributed by atoms with Gasteiger partial charge in [-0.15, -0.1) is 0 Å². The van der Waals surface area contributed by atoms with E-state index < -0.39 is 5.91 Å². The van der Waals surface area contributed by atoms with Gasteiger partial charge in [-0.25, -0.2) is 9.50 Å². The number of ether oxygens (including phenoxy) is 1. The maximum atomic E-state index is 12.7. The van der Waals surface area contributed by atoms with Gasteiger partial charge < -0.3 is 15.8 Å². The third kappa shape index (κ3) is 4.24. The van der Waals surface area contributed by atoms with E-state index in [1.165, 1.54) is 0 Å². The van der Waals surface area contributed by atoms with E-state index in [1.54, 1.807) is 29.0 Å². The van der Waals surface area contributed by atoms with Crippen LogP contribution < -0.4 is 15.8 Å². The molecule has 1 aliphatic carbocycles. The van der Waals surface area contributed by atoms with Crippen LogP contribution in [0.15, 0.2) is 47.3 Å². The van der Waals surface area contributed by atoms with Gasteiger partial charge in [-0.1, -0.05) is 0 Å². The van der Waals surface area contributed by atoms with Gasteiger partial charge in [-0.05, 0) is 65.9 Å². The predicted molar refractivity (Wildman–Crippen MR) is 110 cm³/mol. The lowest BCUT2D eigenvalue weighted by atomic mass is 9.92. The van der Waals surface area contributed by atoms with Crippen molar-refractivity contribution in [3.63, 3.8) is 0 Å². The summed E-state index contributed by atoms with van der Waals surface area (Å²) in [6.07, 6.45) is 7.96. The number of nitrogens with zero attached hydrogens (tertiary/aromatic N) is 3. The van der Waals surface area contributed by atoms with Gasteiger partial charge in [0.05, 0.1) is 17.3 Å². The van der Waals surface area contributed by atoms with Crippen LogP contribution in [0.25, 0.3) is 5.52 Å². The number of primary amides is 1. The summed E-state index contributed by atoms with van der Waals surface area (Å²) in [5.74, 6) is -0.424. The van der Waals surface area contributed by atoms with Gasteiger partial charge in [0.15, 0.2) is 0 Å². The molecule has 4 rings (SSSR count). The first-order valence-electron chi connectivity index (χ1n) is 9.36. The SMILES string of the molecule is NC(=O)c1cccnc1OC1CCC(NC(=O)c2cnn3cc(Br)ccc23)CC1. The highest BCUT2D eigenvalue weighted by molar-refractivity contribution is 9.10. The van der Waals surface area contributed by atoms with Crippen LogP contribution >= 0.6 is 15.9 Å². The number of rotatable bonds is 5. The summed E-state index contributed by atoms with van der Waals surface area (Å²) >= 11 is 3.40. The van der Waals surface area contributed by atoms with Crippen molar-refractivity contribution in [2.75, 3.05) is 0 Å². The molecule has 29 heavy (non-hydrogen) atoms. The minimum absolute atomic E-state index is 0.0621. The number of amides is 2. The molecule has 150 valence electrons. The lowest BCUT2D eigenvalue weighted by Gasteiger charge is -2.29. The summed E-state index contributed by atoms with van der Waals surface area (Å²) in [7, 11) is 0. The molecule has 0 unspecified atom stereocenters. The quantitative estimate of drug-likeness (QED) is 0.611. The molecule has 0 bridgehead atoms. The molecule has 3 N–H and O–H groups in total. The van der Waals surface area contributed by atoms with Crippen LogP contribution in [-0.2, 0) is 0 Å². The third-order valence-electron chi connectivity index (χ3n) is 5.05. The average Bonchev–Trinajstić information content (AvgIpc) is 3.13. The van der Waals surface area contributed by atoms with Crippen molar-refractivity contribution < 1.29 is 14.3 Å². The summed E-state index contributed by atoms with van der Waals surface area (Å²) in [6, 6.07) is 7.06. The molecule has 9 heteroatoms. The number of hydrogen-bond acceptors (Lipinski definition) is 5. The zero-order chi connectivity index (χ0) is 20.4. The maximum absolute atomic E-state index is 12.7. The first-order chi connectivity index (χ1) is 14.0. The van der Waals surface area contributed by atoms with Crippen LogP contribution in [0.5, 0.6) is 5.88 Å². The normalized spacial score (nSPS) is 19.1. The summed E-state index contributed by atoms with van der Waals surface area (Å²) in [6.45, 7) is 0. The molecule has 0 radical (unpaired) electrons. The number of carbonyl (C=O) groups excluding carboxylic acids is 2. The number of hydrogen-bond donors (Lipinski definition) is 2. The Balaban J connectivity index is 1.35. The van der Waals surface area contributed by atoms with Gasteiger partial charge in [0.25, 0.3) is 11.8 Å². The largest absolute Gasteiger partial charge is 0.474 e. The van der Waals surface area contributed by atoms with Gasteiger partial charge in [0, 0.05) is 22.9 Å². The summed E-state index contributed by atoms with van der Waals surface area (Å²) in [4.78, 5) is 28.3. The van der Waals surface area contributed by atoms with Crippen molar-refractivity contribution in [2.45, 2.75) is 37.8 Å². The first-order valence-corrected chi connectivity index (χ1v) is 10.2. The Morgan fingerprint density at radius 1 is 1.17 bits per heavy atom. The fourth-order valence-electron chi connectivity index (χ4n) is 3.55. The number of halogens is 1. The second-order valence-corrected chi connectivity index (χ2v) is 7.94. The van der Waals surface area contributed by atoms with Gasteiger partial charge in [0.2, 0.25) is 5.88 Å². The topological polar surface area (TPSA) is 112 Å². The summed E-state index contributed by atoms with van der Waals surface area (Å²) in [5, 5.41) is 7.33. The van der Waals surface area contributed by atoms with Crippen molar-refractivity contribution in [3.05, 3.63) is 58.5 Å². The van der Waals surface area contributed by atoms with Crippen LogP contribution in [0.3, 0.4) is 0 Å². The minimum atomic E-state index is -0.561. The monoisotopic (exact) mass is 457 g/mol. The molecular weight excluding hydrogens is 438 g/mol. The molecule has 1 fully saturated rings. The fraction of sp³-hybridized carbons (Fsp3) is 0.300. The Morgan fingerprint density at radius 3 is 2.72 bits per heavy atom. The van der Waals surface area contributed by atoms with Crippen LogP contribution in [-0.4, -0.2) is 38.6 Å². The van der Waals surface area contributed by atoms with E-state index in [9.17, 15) is 9.59 Å². The number of nitrogens with one attached hydrogen (secondary N) is 1. The van der Waals surface area contributed by atoms with E-state index in [0.29, 0.717) is 5.56 Å². The maximum Gasteiger partial charge on any atom is 0.255 e. The van der Waals surface area contributed by atoms with Crippen LogP contribution in [0, 0.1) is 0 Å². The van der Waals surface area contributed by atoms with Gasteiger partial charge >= 0.3 is 0 Å². The molecular formula is C20H20BrN5O3. The highest BCUT2D eigenvalue weighted by atomic mass is 79.9. The number of nitrogens with two attached hydrogens (primary N) is 1. The Bertz CT molecular complexity index is 1060. The van der Waals surface area contributed by atoms with Crippen molar-refractivity contribution in [3.8, 4) is 5.88 Å². The molecule has 3 aromatic heterocycles. The molecule has 1 saturated carbocycles. The predicted octanol–water partition coefficient (Wildman–Crippen LogP) is 2.71. The van der Waals surface area contributed by atoms with E-state index in [4.69, 9.17) is 10.5 Å². The second kappa shape index (κ2) is 8.20. The van der Waals surface area contributed by atoms with Gasteiger partial charge in [0.1, 0.15) is 11.7 Å². The Labute approximate surface area is 175 Å². The zero-order valence-electron chi connectivity index (χ0n) is 15.5. The first kappa shape index (κ1) is 19.4. The number of pyridine rings is 2. The lowest BCUT2D eigenvalue weighted by Crippen LogP contribution is -2.39. The lowest BCUT2D eigenvalue weighted by molar-refractivity contribution is 0.0882. The molecule has 0 saturated heterocycles. The fourth-order valence-corrected chi connectivity index (χ4v) is 3.88. The third-order valence-corrected chi connectivity index (χ3v) is 5.52. The number of fused-ring (bicyclic) bond motifs is 1. The molecule has 0 aromatic carbocycles. The number of aromatic nitrogens is 3. The zero-order valence-corrected chi connectivity index (χ0v) is 17.1. The Hall–Kier alpha value is -2.94. The highest BCUT2D eigenvalue weighted by Crippen LogP contribution is 2.25. The molecule has 3 aromatic rings. The Morgan fingerprint density at radius 2 is 1.97 bits per heavy atom. The van der Waals surface area contributed by atoms with E-state index >= 15 is 0 Å². The van der Waals surface area contributed by atoms with Crippen molar-refractivity contribution in [1.29, 1.82) is 0 Å². The molecule has 8 nitrogen and oxygen atoms in total. The van der Waals surface area contributed by atoms with Crippen LogP contribution in [0.4, 0.5) is 0 Å². The summed E-state index contributed by atoms with van der Waals surface area (Å²) < 4.78 is 8.47. The van der Waals surface area contributed by atoms with Crippen molar-refractivity contribution >= 4 is 33.3 Å². The standard InChI is InChI=1S/C20H20BrN5O3/c21-12-3-8-17-16(10-24-26(17)11-12)19(28)25-13-4-6-14(7-5-13)29-20-15(18(22)27)2-1-9-23-20/h1-3,8-11,13-14H,4-7H2,(H2,22,27)(H,25,28).